The molecule has 4 rings (SSSR count). The van der Waals surface area contributed by atoms with Crippen molar-refractivity contribution in [1.29, 1.82) is 0 Å². The van der Waals surface area contributed by atoms with Crippen LogP contribution in [0.3, 0.4) is 0 Å². The molecule has 0 spiro atoms. The van der Waals surface area contributed by atoms with E-state index in [2.05, 4.69) is 41.5 Å². The fourth-order valence-electron chi connectivity index (χ4n) is 3.76. The van der Waals surface area contributed by atoms with Crippen LogP contribution in [0.5, 0.6) is 0 Å². The van der Waals surface area contributed by atoms with E-state index in [9.17, 15) is 4.79 Å². The summed E-state index contributed by atoms with van der Waals surface area (Å²) < 4.78 is 1.73. The largest absolute Gasteiger partial charge is 0.396 e. The van der Waals surface area contributed by atoms with Crippen LogP contribution in [-0.4, -0.2) is 33.9 Å². The quantitative estimate of drug-likeness (QED) is 0.642. The highest BCUT2D eigenvalue weighted by atomic mass is 32.1. The summed E-state index contributed by atoms with van der Waals surface area (Å²) in [6.07, 6.45) is 5.35. The van der Waals surface area contributed by atoms with Crippen molar-refractivity contribution in [2.24, 2.45) is 0 Å². The molecule has 0 bridgehead atoms. The van der Waals surface area contributed by atoms with Gasteiger partial charge in [0, 0.05) is 17.5 Å². The Morgan fingerprint density at radius 2 is 2.15 bits per heavy atom. The molecular weight excluding hydrogens is 358 g/mol. The Morgan fingerprint density at radius 1 is 1.33 bits per heavy atom. The molecule has 2 N–H and O–H groups in total. The first-order valence-electron chi connectivity index (χ1n) is 9.55. The Balaban J connectivity index is 1.60. The van der Waals surface area contributed by atoms with Crippen molar-refractivity contribution in [3.63, 3.8) is 0 Å². The number of nitrogens with one attached hydrogen (secondary N) is 1. The van der Waals surface area contributed by atoms with Gasteiger partial charge in [-0.1, -0.05) is 29.8 Å². The van der Waals surface area contributed by atoms with Gasteiger partial charge < -0.3 is 10.4 Å². The predicted molar refractivity (Wildman–Crippen MR) is 110 cm³/mol. The van der Waals surface area contributed by atoms with Crippen LogP contribution >= 0.6 is 11.3 Å². The monoisotopic (exact) mass is 383 g/mol. The molecule has 1 aromatic carbocycles. The number of aromatic nitrogens is 2. The lowest BCUT2D eigenvalue weighted by atomic mass is 9.93. The Morgan fingerprint density at radius 3 is 2.93 bits per heavy atom. The van der Waals surface area contributed by atoms with Gasteiger partial charge in [-0.2, -0.15) is 0 Å². The third-order valence-corrected chi connectivity index (χ3v) is 6.44. The molecule has 2 aromatic heterocycles. The maximum Gasteiger partial charge on any atom is 0.262 e. The number of rotatable bonds is 6. The number of benzene rings is 1. The third kappa shape index (κ3) is 3.83. The summed E-state index contributed by atoms with van der Waals surface area (Å²) in [6, 6.07) is 8.70. The molecule has 27 heavy (non-hydrogen) atoms. The molecule has 0 aliphatic heterocycles. The molecule has 0 saturated carbocycles. The number of hydrogen-bond acceptors (Lipinski definition) is 5. The van der Waals surface area contributed by atoms with E-state index in [4.69, 9.17) is 5.11 Å². The zero-order valence-corrected chi connectivity index (χ0v) is 16.4. The van der Waals surface area contributed by atoms with Gasteiger partial charge in [-0.15, -0.1) is 11.3 Å². The highest BCUT2D eigenvalue weighted by Crippen LogP contribution is 2.33. The second kappa shape index (κ2) is 7.92. The molecule has 1 aliphatic carbocycles. The topological polar surface area (TPSA) is 67.2 Å². The van der Waals surface area contributed by atoms with Crippen LogP contribution in [0.2, 0.25) is 0 Å². The van der Waals surface area contributed by atoms with Gasteiger partial charge in [0.1, 0.15) is 4.83 Å². The molecule has 5 nitrogen and oxygen atoms in total. The molecule has 1 unspecified atom stereocenters. The van der Waals surface area contributed by atoms with Gasteiger partial charge in [-0.05, 0) is 50.3 Å². The Hall–Kier alpha value is -2.02. The minimum absolute atomic E-state index is 0.0739. The molecule has 0 fully saturated rings. The van der Waals surface area contributed by atoms with Crippen LogP contribution in [0.15, 0.2) is 35.4 Å². The normalized spacial score (nSPS) is 16.6. The molecule has 0 radical (unpaired) electrons. The SMILES string of the molecule is Cc1ccc(Cn2cnc3sc4c(c3c2=O)CCC(NCCCO)C4)cc1. The molecule has 3 aromatic rings. The highest BCUT2D eigenvalue weighted by Gasteiger charge is 2.24. The lowest BCUT2D eigenvalue weighted by Crippen LogP contribution is -2.35. The number of thiophene rings is 1. The van der Waals surface area contributed by atoms with Gasteiger partial charge in [0.25, 0.3) is 5.56 Å². The first kappa shape index (κ1) is 18.3. The van der Waals surface area contributed by atoms with Crippen LogP contribution in [-0.2, 0) is 19.4 Å². The molecule has 0 saturated heterocycles. The van der Waals surface area contributed by atoms with E-state index >= 15 is 0 Å². The van der Waals surface area contributed by atoms with Gasteiger partial charge in [-0.25, -0.2) is 4.98 Å². The van der Waals surface area contributed by atoms with Crippen LogP contribution in [0.25, 0.3) is 10.2 Å². The molecular formula is C21H25N3O2S. The zero-order valence-electron chi connectivity index (χ0n) is 15.6. The van der Waals surface area contributed by atoms with Crippen molar-refractivity contribution in [2.75, 3.05) is 13.2 Å². The molecule has 142 valence electrons. The average Bonchev–Trinajstić information content (AvgIpc) is 3.04. The van der Waals surface area contributed by atoms with Crippen LogP contribution < -0.4 is 10.9 Å². The van der Waals surface area contributed by atoms with Crippen molar-refractivity contribution in [1.82, 2.24) is 14.9 Å². The first-order chi connectivity index (χ1) is 13.2. The molecule has 2 heterocycles. The van der Waals surface area contributed by atoms with Crippen molar-refractivity contribution in [3.05, 3.63) is 62.5 Å². The van der Waals surface area contributed by atoms with E-state index in [0.717, 1.165) is 48.0 Å². The predicted octanol–water partition coefficient (Wildman–Crippen LogP) is 2.64. The van der Waals surface area contributed by atoms with Crippen molar-refractivity contribution >= 4 is 21.6 Å². The van der Waals surface area contributed by atoms with Gasteiger partial charge >= 0.3 is 0 Å². The smallest absolute Gasteiger partial charge is 0.262 e. The van der Waals surface area contributed by atoms with Crippen LogP contribution in [0, 0.1) is 6.92 Å². The molecule has 0 amide bonds. The Labute approximate surface area is 162 Å². The molecule has 1 atom stereocenters. The minimum Gasteiger partial charge on any atom is -0.396 e. The lowest BCUT2D eigenvalue weighted by Gasteiger charge is -2.23. The first-order valence-corrected chi connectivity index (χ1v) is 10.4. The van der Waals surface area contributed by atoms with Gasteiger partial charge in [0.15, 0.2) is 0 Å². The zero-order chi connectivity index (χ0) is 18.8. The number of hydrogen-bond donors (Lipinski definition) is 2. The average molecular weight is 384 g/mol. The fourth-order valence-corrected chi connectivity index (χ4v) is 5.02. The summed E-state index contributed by atoms with van der Waals surface area (Å²) in [5, 5.41) is 13.3. The molecule has 1 aliphatic rings. The number of aliphatic hydroxyl groups excluding tert-OH is 1. The van der Waals surface area contributed by atoms with Crippen molar-refractivity contribution in [2.45, 2.75) is 45.2 Å². The second-order valence-electron chi connectivity index (χ2n) is 7.32. The van der Waals surface area contributed by atoms with Crippen molar-refractivity contribution in [3.8, 4) is 0 Å². The minimum atomic E-state index is 0.0739. The Bertz CT molecular complexity index is 991. The van der Waals surface area contributed by atoms with E-state index in [1.165, 1.54) is 16.0 Å². The van der Waals surface area contributed by atoms with E-state index in [1.807, 2.05) is 0 Å². The fraction of sp³-hybridized carbons (Fsp3) is 0.429. The van der Waals surface area contributed by atoms with Gasteiger partial charge in [-0.3, -0.25) is 9.36 Å². The van der Waals surface area contributed by atoms with Crippen LogP contribution in [0.1, 0.15) is 34.4 Å². The number of fused-ring (bicyclic) bond motifs is 3. The summed E-state index contributed by atoms with van der Waals surface area (Å²) in [7, 11) is 0. The summed E-state index contributed by atoms with van der Waals surface area (Å²) in [4.78, 5) is 19.9. The van der Waals surface area contributed by atoms with Gasteiger partial charge in [0.2, 0.25) is 0 Å². The standard InChI is InChI=1S/C21H25N3O2S/c1-14-3-5-15(6-4-14)12-24-13-23-20-19(21(24)26)17-8-7-16(11-18(17)27-20)22-9-2-10-25/h3-6,13,16,22,25H,2,7-12H2,1H3. The molecule has 6 heteroatoms. The summed E-state index contributed by atoms with van der Waals surface area (Å²) >= 11 is 1.66. The lowest BCUT2D eigenvalue weighted by molar-refractivity contribution is 0.281. The van der Waals surface area contributed by atoms with E-state index in [0.29, 0.717) is 12.6 Å². The third-order valence-electron chi connectivity index (χ3n) is 5.28. The number of nitrogens with zero attached hydrogens (tertiary/aromatic N) is 2. The van der Waals surface area contributed by atoms with E-state index in [1.54, 1.807) is 22.2 Å². The summed E-state index contributed by atoms with van der Waals surface area (Å²) in [6.45, 7) is 3.67. The van der Waals surface area contributed by atoms with E-state index in [-0.39, 0.29) is 12.2 Å². The highest BCUT2D eigenvalue weighted by molar-refractivity contribution is 7.18. The number of aliphatic hydroxyl groups is 1. The number of aryl methyl sites for hydroxylation is 2. The van der Waals surface area contributed by atoms with Crippen molar-refractivity contribution < 1.29 is 5.11 Å². The van der Waals surface area contributed by atoms with Gasteiger partial charge in [0.05, 0.1) is 18.3 Å². The summed E-state index contributed by atoms with van der Waals surface area (Å²) in [5.41, 5.74) is 3.60. The second-order valence-corrected chi connectivity index (χ2v) is 8.40. The maximum absolute atomic E-state index is 13.1. The van der Waals surface area contributed by atoms with Crippen LogP contribution in [0.4, 0.5) is 0 Å². The maximum atomic E-state index is 13.1. The Kier molecular flexibility index (Phi) is 5.38. The summed E-state index contributed by atoms with van der Waals surface area (Å²) in [5.74, 6) is 0. The van der Waals surface area contributed by atoms with E-state index < -0.39 is 0 Å².